The minimum Gasteiger partial charge on any atom is -0.476 e. The lowest BCUT2D eigenvalue weighted by atomic mass is 10.2. The summed E-state index contributed by atoms with van der Waals surface area (Å²) in [6, 6.07) is 1.69. The molecule has 0 aliphatic rings. The summed E-state index contributed by atoms with van der Waals surface area (Å²) in [5.41, 5.74) is 1.33. The van der Waals surface area contributed by atoms with Gasteiger partial charge in [0.2, 0.25) is 0 Å². The van der Waals surface area contributed by atoms with Gasteiger partial charge in [0, 0.05) is 12.4 Å². The van der Waals surface area contributed by atoms with E-state index in [1.807, 2.05) is 0 Å². The van der Waals surface area contributed by atoms with Gasteiger partial charge in [-0.3, -0.25) is 0 Å². The first-order valence-electron chi connectivity index (χ1n) is 3.73. The number of carbonyl (C=O) groups is 1. The van der Waals surface area contributed by atoms with Crippen molar-refractivity contribution < 1.29 is 9.90 Å². The molecule has 0 aliphatic heterocycles. The van der Waals surface area contributed by atoms with Crippen molar-refractivity contribution in [1.29, 1.82) is 0 Å². The number of aryl methyl sites for hydroxylation is 1. The summed E-state index contributed by atoms with van der Waals surface area (Å²) in [7, 11) is 0. The molecule has 2 heterocycles. The molecule has 74 valence electrons. The first kappa shape index (κ1) is 10.5. The van der Waals surface area contributed by atoms with E-state index in [2.05, 4.69) is 10.1 Å². The Labute approximate surface area is 85.8 Å². The molecule has 0 aromatic carbocycles. The molecule has 0 unspecified atom stereocenters. The maximum atomic E-state index is 10.7. The van der Waals surface area contributed by atoms with E-state index >= 15 is 0 Å². The molecule has 2 aromatic heterocycles. The smallest absolute Gasteiger partial charge is 0.356 e. The molecule has 0 bridgehead atoms. The van der Waals surface area contributed by atoms with Crippen LogP contribution in [0.5, 0.6) is 0 Å². The van der Waals surface area contributed by atoms with E-state index in [-0.39, 0.29) is 18.1 Å². The van der Waals surface area contributed by atoms with Gasteiger partial charge >= 0.3 is 5.97 Å². The lowest BCUT2D eigenvalue weighted by Gasteiger charge is -1.99. The number of aromatic carboxylic acids is 1. The second-order valence-electron chi connectivity index (χ2n) is 2.71. The van der Waals surface area contributed by atoms with Crippen LogP contribution in [0.15, 0.2) is 18.5 Å². The predicted molar refractivity (Wildman–Crippen MR) is 51.9 cm³/mol. The van der Waals surface area contributed by atoms with Crippen LogP contribution in [0.4, 0.5) is 0 Å². The summed E-state index contributed by atoms with van der Waals surface area (Å²) in [4.78, 5) is 14.7. The Hall–Kier alpha value is -1.62. The van der Waals surface area contributed by atoms with Crippen LogP contribution in [0.3, 0.4) is 0 Å². The second-order valence-corrected chi connectivity index (χ2v) is 2.71. The van der Waals surface area contributed by atoms with Crippen LogP contribution in [-0.4, -0.2) is 25.7 Å². The van der Waals surface area contributed by atoms with Crippen LogP contribution in [0.2, 0.25) is 0 Å². The van der Waals surface area contributed by atoms with Crippen LogP contribution in [0.1, 0.15) is 16.1 Å². The minimum absolute atomic E-state index is 0. The molecule has 6 heteroatoms. The lowest BCUT2D eigenvalue weighted by molar-refractivity contribution is 0.0688. The van der Waals surface area contributed by atoms with Crippen molar-refractivity contribution in [2.24, 2.45) is 0 Å². The highest BCUT2D eigenvalue weighted by molar-refractivity contribution is 5.87. The number of hydrogen-bond donors (Lipinski definition) is 1. The fourth-order valence-corrected chi connectivity index (χ4v) is 1.16. The Kier molecular flexibility index (Phi) is 2.71. The number of hydrogen-bond acceptors (Lipinski definition) is 3. The molecule has 0 spiro atoms. The molecule has 0 saturated carbocycles. The third-order valence-electron chi connectivity index (χ3n) is 1.78. The van der Waals surface area contributed by atoms with Gasteiger partial charge in [-0.25, -0.2) is 14.3 Å². The quantitative estimate of drug-likeness (QED) is 0.772. The number of carboxylic acids is 1. The summed E-state index contributed by atoms with van der Waals surface area (Å²) in [6.07, 6.45) is 3.19. The van der Waals surface area contributed by atoms with Gasteiger partial charge in [-0.05, 0) is 18.6 Å². The van der Waals surface area contributed by atoms with Gasteiger partial charge in [0.05, 0.1) is 0 Å². The van der Waals surface area contributed by atoms with E-state index in [9.17, 15) is 4.79 Å². The molecule has 0 atom stereocenters. The maximum Gasteiger partial charge on any atom is 0.356 e. The van der Waals surface area contributed by atoms with Gasteiger partial charge in [0.15, 0.2) is 11.3 Å². The zero-order chi connectivity index (χ0) is 9.42. The number of halogens is 1. The van der Waals surface area contributed by atoms with Crippen LogP contribution < -0.4 is 0 Å². The van der Waals surface area contributed by atoms with E-state index < -0.39 is 5.97 Å². The van der Waals surface area contributed by atoms with Crippen molar-refractivity contribution >= 4 is 24.0 Å². The average molecular weight is 214 g/mol. The summed E-state index contributed by atoms with van der Waals surface area (Å²) >= 11 is 0. The van der Waals surface area contributed by atoms with Crippen molar-refractivity contribution in [3.8, 4) is 0 Å². The second kappa shape index (κ2) is 3.63. The van der Waals surface area contributed by atoms with Gasteiger partial charge in [-0.1, -0.05) is 0 Å². The predicted octanol–water partition coefficient (Wildman–Crippen LogP) is 1.16. The maximum absolute atomic E-state index is 10.7. The van der Waals surface area contributed by atoms with Crippen LogP contribution in [0, 0.1) is 6.92 Å². The van der Waals surface area contributed by atoms with Crippen molar-refractivity contribution in [1.82, 2.24) is 14.6 Å². The molecule has 0 amide bonds. The van der Waals surface area contributed by atoms with E-state index in [1.54, 1.807) is 25.4 Å². The van der Waals surface area contributed by atoms with Crippen LogP contribution in [-0.2, 0) is 0 Å². The Morgan fingerprint density at radius 2 is 2.29 bits per heavy atom. The molecular weight excluding hydrogens is 206 g/mol. The molecule has 2 rings (SSSR count). The molecule has 0 fully saturated rings. The average Bonchev–Trinajstić information content (AvgIpc) is 2.48. The zero-order valence-electron chi connectivity index (χ0n) is 7.34. The summed E-state index contributed by atoms with van der Waals surface area (Å²) in [5, 5.41) is 12.7. The molecule has 0 saturated heterocycles. The van der Waals surface area contributed by atoms with Gasteiger partial charge in [-0.2, -0.15) is 5.10 Å². The fraction of sp³-hybridized carbons (Fsp3) is 0.125. The van der Waals surface area contributed by atoms with Crippen molar-refractivity contribution in [3.05, 3.63) is 29.7 Å². The molecule has 5 nitrogen and oxygen atoms in total. The van der Waals surface area contributed by atoms with E-state index in [4.69, 9.17) is 5.11 Å². The molecule has 1 N–H and O–H groups in total. The Balaban J connectivity index is 0.000000980. The third kappa shape index (κ3) is 1.54. The fourth-order valence-electron chi connectivity index (χ4n) is 1.16. The zero-order valence-corrected chi connectivity index (χ0v) is 8.15. The van der Waals surface area contributed by atoms with E-state index in [0.717, 1.165) is 0 Å². The van der Waals surface area contributed by atoms with Crippen LogP contribution in [0.25, 0.3) is 5.65 Å². The summed E-state index contributed by atoms with van der Waals surface area (Å²) in [5.74, 6) is -1.02. The topological polar surface area (TPSA) is 67.5 Å². The monoisotopic (exact) mass is 213 g/mol. The van der Waals surface area contributed by atoms with E-state index in [0.29, 0.717) is 11.2 Å². The Bertz CT molecular complexity index is 480. The number of nitrogens with zero attached hydrogens (tertiary/aromatic N) is 3. The van der Waals surface area contributed by atoms with Gasteiger partial charge in [-0.15, -0.1) is 12.4 Å². The highest BCUT2D eigenvalue weighted by Crippen LogP contribution is 2.07. The van der Waals surface area contributed by atoms with Crippen molar-refractivity contribution in [2.45, 2.75) is 6.92 Å². The van der Waals surface area contributed by atoms with Crippen molar-refractivity contribution in [2.75, 3.05) is 0 Å². The summed E-state index contributed by atoms with van der Waals surface area (Å²) in [6.45, 7) is 1.70. The largest absolute Gasteiger partial charge is 0.476 e. The lowest BCUT2D eigenvalue weighted by Crippen LogP contribution is -2.07. The summed E-state index contributed by atoms with van der Waals surface area (Å²) < 4.78 is 1.44. The standard InChI is InChI=1S/C8H7N3O2.ClH/c1-5-4-6-9-2-3-11(6)10-7(5)8(12)13;/h2-4H,1H3,(H,12,13);1H. The highest BCUT2D eigenvalue weighted by atomic mass is 35.5. The van der Waals surface area contributed by atoms with E-state index in [1.165, 1.54) is 4.52 Å². The van der Waals surface area contributed by atoms with Gasteiger partial charge in [0.25, 0.3) is 0 Å². The molecular formula is C8H8ClN3O2. The number of imidazole rings is 1. The highest BCUT2D eigenvalue weighted by Gasteiger charge is 2.10. The first-order chi connectivity index (χ1) is 6.18. The minimum atomic E-state index is -1.02. The number of rotatable bonds is 1. The normalized spacial score (nSPS) is 9.79. The number of carboxylic acid groups (broad SMARTS) is 1. The number of aromatic nitrogens is 3. The Morgan fingerprint density at radius 3 is 2.93 bits per heavy atom. The van der Waals surface area contributed by atoms with Gasteiger partial charge in [0.1, 0.15) is 0 Å². The van der Waals surface area contributed by atoms with Gasteiger partial charge < -0.3 is 5.11 Å². The molecule has 0 radical (unpaired) electrons. The first-order valence-corrected chi connectivity index (χ1v) is 3.73. The third-order valence-corrected chi connectivity index (χ3v) is 1.78. The Morgan fingerprint density at radius 1 is 1.57 bits per heavy atom. The van der Waals surface area contributed by atoms with Crippen LogP contribution >= 0.6 is 12.4 Å². The number of fused-ring (bicyclic) bond motifs is 1. The SMILES string of the molecule is Cc1cc2nccn2nc1C(=O)O.Cl. The van der Waals surface area contributed by atoms with Crippen molar-refractivity contribution in [3.63, 3.8) is 0 Å². The molecule has 2 aromatic rings. The molecule has 14 heavy (non-hydrogen) atoms. The molecule has 0 aliphatic carbocycles.